The highest BCUT2D eigenvalue weighted by Gasteiger charge is 2.22. The van der Waals surface area contributed by atoms with Crippen molar-refractivity contribution < 1.29 is 14.3 Å². The number of hydrogen-bond acceptors (Lipinski definition) is 6. The number of carbonyl (C=O) groups is 2. The molecule has 9 heteroatoms. The van der Waals surface area contributed by atoms with Crippen molar-refractivity contribution in [3.63, 3.8) is 0 Å². The maximum atomic E-state index is 13.1. The first kappa shape index (κ1) is 31.4. The summed E-state index contributed by atoms with van der Waals surface area (Å²) in [4.78, 5) is 32.4. The lowest BCUT2D eigenvalue weighted by Crippen LogP contribution is -2.24. The van der Waals surface area contributed by atoms with Gasteiger partial charge >= 0.3 is 6.03 Å². The van der Waals surface area contributed by atoms with Crippen LogP contribution in [-0.2, 0) is 5.41 Å². The van der Waals surface area contributed by atoms with Gasteiger partial charge in [0.05, 0.1) is 11.4 Å². The van der Waals surface area contributed by atoms with E-state index in [0.717, 1.165) is 38.2 Å². The van der Waals surface area contributed by atoms with Crippen LogP contribution in [0.25, 0.3) is 5.69 Å². The van der Waals surface area contributed by atoms with Gasteiger partial charge in [-0.15, -0.1) is 0 Å². The van der Waals surface area contributed by atoms with E-state index >= 15 is 0 Å². The van der Waals surface area contributed by atoms with E-state index in [9.17, 15) is 9.59 Å². The van der Waals surface area contributed by atoms with E-state index in [4.69, 9.17) is 9.84 Å². The molecule has 0 unspecified atom stereocenters. The number of hydrogen-bond donors (Lipinski definition) is 2. The van der Waals surface area contributed by atoms with Gasteiger partial charge in [0.1, 0.15) is 17.3 Å². The number of carbonyl (C=O) groups excluding carboxylic acids is 2. The third-order valence-corrected chi connectivity index (χ3v) is 7.15. The van der Waals surface area contributed by atoms with Crippen LogP contribution in [0.15, 0.2) is 79.1 Å². The lowest BCUT2D eigenvalue weighted by Gasteiger charge is -2.17. The fourth-order valence-corrected chi connectivity index (χ4v) is 4.58. The Kier molecular flexibility index (Phi) is 10.7. The van der Waals surface area contributed by atoms with E-state index in [-0.39, 0.29) is 11.2 Å². The van der Waals surface area contributed by atoms with Crippen molar-refractivity contribution in [1.82, 2.24) is 19.7 Å². The second-order valence-corrected chi connectivity index (χ2v) is 11.4. The monoisotopic (exact) mass is 582 g/mol. The van der Waals surface area contributed by atoms with Gasteiger partial charge in [0, 0.05) is 41.5 Å². The van der Waals surface area contributed by atoms with Gasteiger partial charge in [-0.1, -0.05) is 46.8 Å². The third kappa shape index (κ3) is 8.99. The average molecular weight is 583 g/mol. The number of rotatable bonds is 13. The smallest absolute Gasteiger partial charge is 0.324 e. The van der Waals surface area contributed by atoms with Crippen LogP contribution >= 0.6 is 0 Å². The van der Waals surface area contributed by atoms with Crippen molar-refractivity contribution in [2.45, 2.75) is 59.3 Å². The Morgan fingerprint density at radius 3 is 2.26 bits per heavy atom. The van der Waals surface area contributed by atoms with Gasteiger partial charge in [-0.25, -0.2) is 9.48 Å². The van der Waals surface area contributed by atoms with Gasteiger partial charge in [0.2, 0.25) is 0 Å². The molecule has 4 aromatic rings. The van der Waals surface area contributed by atoms with Crippen molar-refractivity contribution in [3.05, 3.63) is 90.4 Å². The van der Waals surface area contributed by atoms with Crippen molar-refractivity contribution in [2.75, 3.05) is 30.3 Å². The number of pyridine rings is 1. The van der Waals surface area contributed by atoms with Gasteiger partial charge in [-0.3, -0.25) is 15.1 Å². The second kappa shape index (κ2) is 14.6. The number of urea groups is 1. The summed E-state index contributed by atoms with van der Waals surface area (Å²) in [5.74, 6) is 1.93. The Labute approximate surface area is 254 Å². The Hall–Kier alpha value is -4.50. The minimum Gasteiger partial charge on any atom is -0.457 e. The predicted molar refractivity (Wildman–Crippen MR) is 172 cm³/mol. The minimum atomic E-state index is -0.412. The summed E-state index contributed by atoms with van der Waals surface area (Å²) in [5, 5.41) is 10.6. The largest absolute Gasteiger partial charge is 0.457 e. The molecule has 0 aliphatic rings. The van der Waals surface area contributed by atoms with E-state index < -0.39 is 6.03 Å². The Morgan fingerprint density at radius 2 is 1.58 bits per heavy atom. The fraction of sp³-hybridized carbons (Fsp3) is 0.353. The van der Waals surface area contributed by atoms with Crippen LogP contribution in [0.4, 0.5) is 16.3 Å². The Morgan fingerprint density at radius 1 is 0.884 bits per heavy atom. The standard InChI is InChI=1S/C34H42N6O3/c1-6-39(7-2)22-9-8-13-30(41)25-11-10-12-27(23-25)40-32(24-31(38-40)34(3,4)5)37-33(42)36-26-14-16-28(17-15-26)43-29-18-20-35-21-19-29/h10-12,14-21,23-24H,6-9,13,22H2,1-5H3,(H2,36,37,42). The molecule has 226 valence electrons. The van der Waals surface area contributed by atoms with Crippen LogP contribution in [0.3, 0.4) is 0 Å². The molecule has 43 heavy (non-hydrogen) atoms. The van der Waals surface area contributed by atoms with Crippen LogP contribution in [-0.4, -0.2) is 51.1 Å². The molecule has 2 aromatic heterocycles. The van der Waals surface area contributed by atoms with E-state index in [2.05, 4.69) is 55.1 Å². The second-order valence-electron chi connectivity index (χ2n) is 11.4. The van der Waals surface area contributed by atoms with Crippen LogP contribution in [0.2, 0.25) is 0 Å². The molecule has 9 nitrogen and oxygen atoms in total. The number of aromatic nitrogens is 3. The van der Waals surface area contributed by atoms with Crippen LogP contribution in [0.1, 0.15) is 69.9 Å². The lowest BCUT2D eigenvalue weighted by atomic mass is 9.92. The zero-order valence-electron chi connectivity index (χ0n) is 25.8. The minimum absolute atomic E-state index is 0.105. The molecule has 2 N–H and O–H groups in total. The van der Waals surface area contributed by atoms with Gasteiger partial charge in [0.15, 0.2) is 5.78 Å². The van der Waals surface area contributed by atoms with E-state index in [1.165, 1.54) is 0 Å². The first-order valence-corrected chi connectivity index (χ1v) is 14.9. The molecule has 0 bridgehead atoms. The number of Topliss-reactive ketones (excluding diaryl/α,β-unsaturated/α-hetero) is 1. The molecule has 0 radical (unpaired) electrons. The summed E-state index contributed by atoms with van der Waals surface area (Å²) < 4.78 is 7.48. The normalized spacial score (nSPS) is 11.4. The van der Waals surface area contributed by atoms with Gasteiger partial charge in [-0.05, 0) is 81.0 Å². The first-order valence-electron chi connectivity index (χ1n) is 14.9. The Balaban J connectivity index is 1.45. The number of unbranched alkanes of at least 4 members (excludes halogenated alkanes) is 1. The number of anilines is 2. The molecule has 0 saturated heterocycles. The highest BCUT2D eigenvalue weighted by molar-refractivity contribution is 5.99. The number of ether oxygens (including phenoxy) is 1. The molecular formula is C34H42N6O3. The summed E-state index contributed by atoms with van der Waals surface area (Å²) in [6.45, 7) is 13.6. The number of nitrogens with zero attached hydrogens (tertiary/aromatic N) is 4. The van der Waals surface area contributed by atoms with E-state index in [0.29, 0.717) is 40.7 Å². The summed E-state index contributed by atoms with van der Waals surface area (Å²) in [6.07, 6.45) is 5.66. The van der Waals surface area contributed by atoms with Gasteiger partial charge < -0.3 is 15.0 Å². The lowest BCUT2D eigenvalue weighted by molar-refractivity contribution is 0.0978. The molecule has 2 aromatic carbocycles. The third-order valence-electron chi connectivity index (χ3n) is 7.15. The number of ketones is 1. The number of amides is 2. The van der Waals surface area contributed by atoms with Crippen molar-refractivity contribution in [2.24, 2.45) is 0 Å². The summed E-state index contributed by atoms with van der Waals surface area (Å²) in [7, 11) is 0. The van der Waals surface area contributed by atoms with Crippen LogP contribution < -0.4 is 15.4 Å². The van der Waals surface area contributed by atoms with Crippen LogP contribution in [0.5, 0.6) is 11.5 Å². The SMILES string of the molecule is CCN(CC)CCCCC(=O)c1cccc(-n2nc(C(C)(C)C)cc2NC(=O)Nc2ccc(Oc3ccncc3)cc2)c1. The first-order chi connectivity index (χ1) is 20.7. The molecule has 2 heterocycles. The van der Waals surface area contributed by atoms with Gasteiger partial charge in [-0.2, -0.15) is 5.10 Å². The van der Waals surface area contributed by atoms with Crippen molar-refractivity contribution in [1.29, 1.82) is 0 Å². The molecular weight excluding hydrogens is 540 g/mol. The average Bonchev–Trinajstić information content (AvgIpc) is 3.43. The zero-order valence-corrected chi connectivity index (χ0v) is 25.8. The molecule has 0 aliphatic carbocycles. The highest BCUT2D eigenvalue weighted by Crippen LogP contribution is 2.27. The van der Waals surface area contributed by atoms with E-state index in [1.807, 2.05) is 30.3 Å². The summed E-state index contributed by atoms with van der Waals surface area (Å²) in [6, 6.07) is 19.5. The maximum Gasteiger partial charge on any atom is 0.324 e. The Bertz CT molecular complexity index is 1490. The maximum absolute atomic E-state index is 13.1. The quantitative estimate of drug-likeness (QED) is 0.124. The number of benzene rings is 2. The highest BCUT2D eigenvalue weighted by atomic mass is 16.5. The fourth-order valence-electron chi connectivity index (χ4n) is 4.58. The molecule has 0 atom stereocenters. The molecule has 0 spiro atoms. The number of nitrogens with one attached hydrogen (secondary N) is 2. The molecule has 2 amide bonds. The van der Waals surface area contributed by atoms with Crippen molar-refractivity contribution in [3.8, 4) is 17.2 Å². The van der Waals surface area contributed by atoms with E-state index in [1.54, 1.807) is 53.5 Å². The summed E-state index contributed by atoms with van der Waals surface area (Å²) in [5.41, 5.74) is 2.51. The molecule has 0 saturated carbocycles. The topological polar surface area (TPSA) is 101 Å². The van der Waals surface area contributed by atoms with Crippen molar-refractivity contribution >= 4 is 23.3 Å². The predicted octanol–water partition coefficient (Wildman–Crippen LogP) is 7.70. The molecule has 4 rings (SSSR count). The molecule has 0 aliphatic heterocycles. The zero-order chi connectivity index (χ0) is 30.8. The van der Waals surface area contributed by atoms with Crippen LogP contribution in [0, 0.1) is 0 Å². The molecule has 0 fully saturated rings. The summed E-state index contributed by atoms with van der Waals surface area (Å²) >= 11 is 0. The van der Waals surface area contributed by atoms with Gasteiger partial charge in [0.25, 0.3) is 0 Å².